The lowest BCUT2D eigenvalue weighted by molar-refractivity contribution is 0.0384. The first kappa shape index (κ1) is 16.8. The highest BCUT2D eigenvalue weighted by atomic mass is 16.5. The first-order chi connectivity index (χ1) is 12.8. The minimum atomic E-state index is 0.150. The maximum absolute atomic E-state index is 10.1. The van der Waals surface area contributed by atoms with Crippen molar-refractivity contribution in [1.29, 1.82) is 0 Å². The monoisotopic (exact) mass is 349 g/mol. The fraction of sp³-hybridized carbons (Fsp3) is 0.286. The average Bonchev–Trinajstić information content (AvgIpc) is 3.01. The van der Waals surface area contributed by atoms with E-state index in [4.69, 9.17) is 4.74 Å². The molecule has 1 fully saturated rings. The Labute approximate surface area is 152 Å². The minimum absolute atomic E-state index is 0.150. The van der Waals surface area contributed by atoms with E-state index in [2.05, 4.69) is 27.0 Å². The van der Waals surface area contributed by atoms with Crippen LogP contribution in [0.5, 0.6) is 5.88 Å². The van der Waals surface area contributed by atoms with Crippen LogP contribution in [0.2, 0.25) is 0 Å². The Kier molecular flexibility index (Phi) is 5.00. The molecule has 0 radical (unpaired) electrons. The number of fused-ring (bicyclic) bond motifs is 1. The van der Waals surface area contributed by atoms with Crippen molar-refractivity contribution in [3.8, 4) is 5.88 Å². The molecule has 5 nitrogen and oxygen atoms in total. The molecule has 2 N–H and O–H groups in total. The van der Waals surface area contributed by atoms with Gasteiger partial charge in [-0.1, -0.05) is 30.3 Å². The van der Waals surface area contributed by atoms with Crippen LogP contribution >= 0.6 is 0 Å². The molecule has 0 unspecified atom stereocenters. The molecular formula is C21H23N3O2. The van der Waals surface area contributed by atoms with Crippen LogP contribution in [-0.2, 0) is 11.2 Å². The normalized spacial score (nSPS) is 15.8. The lowest BCUT2D eigenvalue weighted by Crippen LogP contribution is -2.37. The zero-order valence-electron chi connectivity index (χ0n) is 14.7. The van der Waals surface area contributed by atoms with E-state index < -0.39 is 0 Å². The van der Waals surface area contributed by atoms with E-state index in [9.17, 15) is 5.11 Å². The summed E-state index contributed by atoms with van der Waals surface area (Å²) in [5, 5.41) is 11.1. The molecule has 1 aromatic heterocycles. The van der Waals surface area contributed by atoms with Crippen LogP contribution in [-0.4, -0.2) is 54.1 Å². The minimum Gasteiger partial charge on any atom is -0.494 e. The van der Waals surface area contributed by atoms with Gasteiger partial charge >= 0.3 is 0 Å². The molecule has 3 aromatic rings. The van der Waals surface area contributed by atoms with Crippen LogP contribution in [0.25, 0.3) is 10.9 Å². The number of para-hydroxylation sites is 1. The van der Waals surface area contributed by atoms with E-state index in [1.54, 1.807) is 6.21 Å². The SMILES string of the molecule is Oc1[nH]c2ccccc2c1C=Nc1ccc(CCN2CCOCC2)cc1. The van der Waals surface area contributed by atoms with Gasteiger partial charge in [-0.3, -0.25) is 9.89 Å². The van der Waals surface area contributed by atoms with Crippen molar-refractivity contribution in [2.45, 2.75) is 6.42 Å². The molecule has 0 bridgehead atoms. The van der Waals surface area contributed by atoms with E-state index >= 15 is 0 Å². The molecule has 2 heterocycles. The average molecular weight is 349 g/mol. The molecule has 0 atom stereocenters. The third-order valence-corrected chi connectivity index (χ3v) is 4.82. The summed E-state index contributed by atoms with van der Waals surface area (Å²) >= 11 is 0. The number of hydrogen-bond acceptors (Lipinski definition) is 4. The predicted octanol–water partition coefficient (Wildman–Crippen LogP) is 3.50. The second kappa shape index (κ2) is 7.72. The number of aromatic amines is 1. The molecule has 5 heteroatoms. The second-order valence-electron chi connectivity index (χ2n) is 6.56. The van der Waals surface area contributed by atoms with Gasteiger partial charge < -0.3 is 14.8 Å². The highest BCUT2D eigenvalue weighted by Crippen LogP contribution is 2.26. The summed E-state index contributed by atoms with van der Waals surface area (Å²) in [6.07, 6.45) is 2.75. The van der Waals surface area contributed by atoms with Crippen LogP contribution in [0.15, 0.2) is 53.5 Å². The largest absolute Gasteiger partial charge is 0.494 e. The number of ether oxygens (including phenoxy) is 1. The third kappa shape index (κ3) is 3.79. The van der Waals surface area contributed by atoms with Crippen molar-refractivity contribution in [2.24, 2.45) is 4.99 Å². The molecule has 0 aliphatic carbocycles. The zero-order chi connectivity index (χ0) is 17.8. The number of nitrogens with one attached hydrogen (secondary N) is 1. The van der Waals surface area contributed by atoms with Gasteiger partial charge in [0, 0.05) is 36.8 Å². The van der Waals surface area contributed by atoms with Crippen molar-refractivity contribution in [3.63, 3.8) is 0 Å². The summed E-state index contributed by atoms with van der Waals surface area (Å²) in [7, 11) is 0. The Balaban J connectivity index is 1.42. The molecule has 26 heavy (non-hydrogen) atoms. The summed E-state index contributed by atoms with van der Waals surface area (Å²) < 4.78 is 5.38. The number of H-pyrrole nitrogens is 1. The van der Waals surface area contributed by atoms with Gasteiger partial charge in [0.05, 0.1) is 24.5 Å². The van der Waals surface area contributed by atoms with Crippen molar-refractivity contribution < 1.29 is 9.84 Å². The Morgan fingerprint density at radius 1 is 1.08 bits per heavy atom. The van der Waals surface area contributed by atoms with Crippen molar-refractivity contribution in [3.05, 3.63) is 59.7 Å². The van der Waals surface area contributed by atoms with Gasteiger partial charge in [-0.2, -0.15) is 0 Å². The lowest BCUT2D eigenvalue weighted by Gasteiger charge is -2.26. The van der Waals surface area contributed by atoms with E-state index in [1.165, 1.54) is 5.56 Å². The Hall–Kier alpha value is -2.63. The van der Waals surface area contributed by atoms with E-state index in [-0.39, 0.29) is 5.88 Å². The first-order valence-electron chi connectivity index (χ1n) is 9.02. The van der Waals surface area contributed by atoms with Gasteiger partial charge in [0.15, 0.2) is 5.88 Å². The maximum atomic E-state index is 10.1. The van der Waals surface area contributed by atoms with Gasteiger partial charge in [0.2, 0.25) is 0 Å². The molecule has 1 aliphatic heterocycles. The van der Waals surface area contributed by atoms with Gasteiger partial charge in [-0.15, -0.1) is 0 Å². The third-order valence-electron chi connectivity index (χ3n) is 4.82. The Morgan fingerprint density at radius 2 is 1.85 bits per heavy atom. The van der Waals surface area contributed by atoms with Crippen LogP contribution in [0.3, 0.4) is 0 Å². The Bertz CT molecular complexity index is 893. The lowest BCUT2D eigenvalue weighted by atomic mass is 10.1. The molecule has 0 saturated carbocycles. The van der Waals surface area contributed by atoms with Crippen molar-refractivity contribution >= 4 is 22.8 Å². The van der Waals surface area contributed by atoms with Crippen LogP contribution < -0.4 is 0 Å². The number of benzene rings is 2. The number of aromatic nitrogens is 1. The summed E-state index contributed by atoms with van der Waals surface area (Å²) in [6, 6.07) is 16.1. The number of aromatic hydroxyl groups is 1. The van der Waals surface area contributed by atoms with Gasteiger partial charge in [0.1, 0.15) is 0 Å². The van der Waals surface area contributed by atoms with E-state index in [0.717, 1.165) is 61.4 Å². The number of nitrogens with zero attached hydrogens (tertiary/aromatic N) is 2. The van der Waals surface area contributed by atoms with Crippen LogP contribution in [0, 0.1) is 0 Å². The molecular weight excluding hydrogens is 326 g/mol. The van der Waals surface area contributed by atoms with Crippen molar-refractivity contribution in [2.75, 3.05) is 32.8 Å². The highest BCUT2D eigenvalue weighted by molar-refractivity contribution is 6.02. The Morgan fingerprint density at radius 3 is 2.65 bits per heavy atom. The molecule has 1 aliphatic rings. The van der Waals surface area contributed by atoms with Gasteiger partial charge in [0.25, 0.3) is 0 Å². The standard InChI is InChI=1S/C21H23N3O2/c25-21-19(18-3-1-2-4-20(18)23-21)15-22-17-7-5-16(6-8-17)9-10-24-11-13-26-14-12-24/h1-8,15,23,25H,9-14H2. The fourth-order valence-corrected chi connectivity index (χ4v) is 3.28. The maximum Gasteiger partial charge on any atom is 0.198 e. The van der Waals surface area contributed by atoms with E-state index in [1.807, 2.05) is 36.4 Å². The number of morpholine rings is 1. The fourth-order valence-electron chi connectivity index (χ4n) is 3.28. The summed E-state index contributed by atoms with van der Waals surface area (Å²) in [5.41, 5.74) is 3.82. The van der Waals surface area contributed by atoms with Gasteiger partial charge in [-0.05, 0) is 30.2 Å². The quantitative estimate of drug-likeness (QED) is 0.693. The molecule has 4 rings (SSSR count). The smallest absolute Gasteiger partial charge is 0.198 e. The number of rotatable bonds is 5. The number of aliphatic imine (C=N–C) groups is 1. The summed E-state index contributed by atoms with van der Waals surface area (Å²) in [4.78, 5) is 9.93. The summed E-state index contributed by atoms with van der Waals surface area (Å²) in [5.74, 6) is 0.150. The van der Waals surface area contributed by atoms with E-state index in [0.29, 0.717) is 0 Å². The first-order valence-corrected chi connectivity index (χ1v) is 9.02. The van der Waals surface area contributed by atoms with Crippen molar-refractivity contribution in [1.82, 2.24) is 9.88 Å². The molecule has 134 valence electrons. The molecule has 2 aromatic carbocycles. The molecule has 0 amide bonds. The predicted molar refractivity (Wildman–Crippen MR) is 105 cm³/mol. The molecule has 0 spiro atoms. The second-order valence-corrected chi connectivity index (χ2v) is 6.56. The van der Waals surface area contributed by atoms with Gasteiger partial charge in [-0.25, -0.2) is 0 Å². The molecule has 1 saturated heterocycles. The zero-order valence-corrected chi connectivity index (χ0v) is 14.7. The topological polar surface area (TPSA) is 60.8 Å². The number of hydrogen-bond donors (Lipinski definition) is 2. The van der Waals surface area contributed by atoms with Crippen LogP contribution in [0.4, 0.5) is 5.69 Å². The summed E-state index contributed by atoms with van der Waals surface area (Å²) in [6.45, 7) is 4.80. The highest BCUT2D eigenvalue weighted by Gasteiger charge is 2.10. The van der Waals surface area contributed by atoms with Crippen LogP contribution in [0.1, 0.15) is 11.1 Å².